The van der Waals surface area contributed by atoms with Gasteiger partial charge in [0.25, 0.3) is 0 Å². The number of halogens is 1. The lowest BCUT2D eigenvalue weighted by Crippen LogP contribution is -1.97. The van der Waals surface area contributed by atoms with Crippen molar-refractivity contribution in [2.24, 2.45) is 0 Å². The molecule has 6 aromatic rings. The lowest BCUT2D eigenvalue weighted by molar-refractivity contribution is 1.07. The molecule has 35 heavy (non-hydrogen) atoms. The fraction of sp³-hybridized carbons (Fsp3) is 0. The van der Waals surface area contributed by atoms with E-state index in [1.165, 1.54) is 0 Å². The van der Waals surface area contributed by atoms with E-state index in [-0.39, 0.29) is 35.0 Å². The monoisotopic (exact) mass is 474 g/mol. The zero-order valence-corrected chi connectivity index (χ0v) is 19.1. The standard InChI is InChI=1S/C31H20ClN3/c32-31-34-29(24-13-11-23(12-14-24)21-7-3-1-4-8-21)33-30(35-31)28-18-17-26-19-25(15-16-27(26)20-28)22-9-5-2-6-10-22/h1-20H/i1D,3D,4D,7D,8D. The van der Waals surface area contributed by atoms with Crippen LogP contribution in [0, 0.1) is 0 Å². The maximum Gasteiger partial charge on any atom is 0.226 e. The van der Waals surface area contributed by atoms with Gasteiger partial charge in [0.2, 0.25) is 5.28 Å². The van der Waals surface area contributed by atoms with E-state index in [1.54, 1.807) is 24.3 Å². The first-order valence-corrected chi connectivity index (χ1v) is 11.4. The van der Waals surface area contributed by atoms with Crippen LogP contribution in [0.4, 0.5) is 0 Å². The molecule has 0 radical (unpaired) electrons. The Kier molecular flexibility index (Phi) is 4.26. The number of hydrogen-bond acceptors (Lipinski definition) is 3. The quantitative estimate of drug-likeness (QED) is 0.257. The Bertz CT molecular complexity index is 1880. The summed E-state index contributed by atoms with van der Waals surface area (Å²) in [6.45, 7) is 0. The highest BCUT2D eigenvalue weighted by atomic mass is 35.5. The van der Waals surface area contributed by atoms with Gasteiger partial charge in [0.05, 0.1) is 6.85 Å². The Morgan fingerprint density at radius 2 is 1.03 bits per heavy atom. The van der Waals surface area contributed by atoms with Gasteiger partial charge < -0.3 is 0 Å². The third-order valence-corrected chi connectivity index (χ3v) is 5.91. The molecule has 6 rings (SSSR count). The normalized spacial score (nSPS) is 13.0. The third kappa shape index (κ3) is 4.42. The first kappa shape index (κ1) is 16.3. The van der Waals surface area contributed by atoms with E-state index < -0.39 is 6.04 Å². The van der Waals surface area contributed by atoms with Crippen LogP contribution in [0.25, 0.3) is 55.8 Å². The first-order chi connectivity index (χ1) is 19.3. The summed E-state index contributed by atoms with van der Waals surface area (Å²) in [4.78, 5) is 13.3. The number of rotatable bonds is 4. The van der Waals surface area contributed by atoms with Crippen LogP contribution >= 0.6 is 11.6 Å². The van der Waals surface area contributed by atoms with Crippen molar-refractivity contribution in [2.45, 2.75) is 0 Å². The molecular weight excluding hydrogens is 450 g/mol. The number of fused-ring (bicyclic) bond motifs is 1. The predicted molar refractivity (Wildman–Crippen MR) is 144 cm³/mol. The molecule has 0 spiro atoms. The largest absolute Gasteiger partial charge is 0.226 e. The average Bonchev–Trinajstić information content (AvgIpc) is 2.99. The highest BCUT2D eigenvalue weighted by Gasteiger charge is 2.11. The molecule has 0 aliphatic rings. The van der Waals surface area contributed by atoms with Crippen LogP contribution in [0.2, 0.25) is 5.28 Å². The van der Waals surface area contributed by atoms with E-state index >= 15 is 0 Å². The highest BCUT2D eigenvalue weighted by molar-refractivity contribution is 6.28. The lowest BCUT2D eigenvalue weighted by atomic mass is 10.00. The number of benzene rings is 5. The minimum absolute atomic E-state index is 0.0502. The molecule has 0 amide bonds. The Hall–Kier alpha value is -4.34. The molecule has 1 heterocycles. The van der Waals surface area contributed by atoms with E-state index in [0.717, 1.165) is 27.5 Å². The predicted octanol–water partition coefficient (Wildman–Crippen LogP) is 8.35. The van der Waals surface area contributed by atoms with Gasteiger partial charge >= 0.3 is 0 Å². The van der Waals surface area contributed by atoms with Crippen molar-refractivity contribution in [1.29, 1.82) is 0 Å². The molecule has 3 nitrogen and oxygen atoms in total. The van der Waals surface area contributed by atoms with Crippen molar-refractivity contribution in [2.75, 3.05) is 0 Å². The van der Waals surface area contributed by atoms with E-state index in [1.807, 2.05) is 36.4 Å². The van der Waals surface area contributed by atoms with Gasteiger partial charge in [-0.05, 0) is 56.8 Å². The molecular formula is C31H20ClN3. The Balaban J connectivity index is 1.35. The second-order valence-electron chi connectivity index (χ2n) is 7.97. The van der Waals surface area contributed by atoms with Gasteiger partial charge in [-0.3, -0.25) is 0 Å². The minimum atomic E-state index is -0.423. The Morgan fingerprint density at radius 1 is 0.486 bits per heavy atom. The Morgan fingerprint density at radius 3 is 1.74 bits per heavy atom. The molecule has 0 bridgehead atoms. The van der Waals surface area contributed by atoms with Gasteiger partial charge in [0.1, 0.15) is 0 Å². The lowest BCUT2D eigenvalue weighted by Gasteiger charge is -2.08. The summed E-state index contributed by atoms with van der Waals surface area (Å²) in [6, 6.07) is 27.7. The molecule has 166 valence electrons. The van der Waals surface area contributed by atoms with Gasteiger partial charge in [0, 0.05) is 11.1 Å². The zero-order valence-electron chi connectivity index (χ0n) is 23.4. The summed E-state index contributed by atoms with van der Waals surface area (Å²) in [5, 5.41) is 2.18. The molecule has 0 aliphatic carbocycles. The summed E-state index contributed by atoms with van der Waals surface area (Å²) in [7, 11) is 0. The number of nitrogens with zero attached hydrogens (tertiary/aromatic N) is 3. The smallest absolute Gasteiger partial charge is 0.208 e. The number of hydrogen-bond donors (Lipinski definition) is 0. The zero-order chi connectivity index (χ0) is 28.0. The van der Waals surface area contributed by atoms with Gasteiger partial charge in [-0.2, -0.15) is 9.97 Å². The van der Waals surface area contributed by atoms with Crippen LogP contribution in [-0.2, 0) is 0 Å². The molecule has 0 N–H and O–H groups in total. The van der Waals surface area contributed by atoms with Crippen LogP contribution in [0.15, 0.2) is 121 Å². The topological polar surface area (TPSA) is 38.7 Å². The number of aromatic nitrogens is 3. The summed E-state index contributed by atoms with van der Waals surface area (Å²) >= 11 is 6.30. The molecule has 0 aliphatic heterocycles. The molecule has 0 unspecified atom stereocenters. The summed E-state index contributed by atoms with van der Waals surface area (Å²) in [6.07, 6.45) is 0. The SMILES string of the molecule is [2H]c1c([2H])c([2H])c(-c2ccc(-c3nc(Cl)nc(-c4ccc5cc(-c6ccccc6)ccc5c4)n3)cc2)c([2H])c1[2H]. The highest BCUT2D eigenvalue weighted by Crippen LogP contribution is 2.29. The Labute approximate surface area is 215 Å². The van der Waals surface area contributed by atoms with Crippen LogP contribution in [0.5, 0.6) is 0 Å². The van der Waals surface area contributed by atoms with E-state index in [0.29, 0.717) is 22.8 Å². The van der Waals surface area contributed by atoms with Crippen molar-refractivity contribution in [3.05, 3.63) is 126 Å². The van der Waals surface area contributed by atoms with Crippen molar-refractivity contribution in [1.82, 2.24) is 15.0 Å². The molecule has 4 heteroatoms. The second kappa shape index (κ2) is 9.13. The van der Waals surface area contributed by atoms with E-state index in [9.17, 15) is 0 Å². The average molecular weight is 475 g/mol. The first-order valence-electron chi connectivity index (χ1n) is 13.5. The summed E-state index contributed by atoms with van der Waals surface area (Å²) in [5.74, 6) is 0.792. The maximum absolute atomic E-state index is 8.23. The fourth-order valence-corrected chi connectivity index (χ4v) is 4.14. The minimum Gasteiger partial charge on any atom is -0.208 e. The molecule has 0 saturated carbocycles. The molecule has 0 atom stereocenters. The molecule has 0 fully saturated rings. The van der Waals surface area contributed by atoms with Gasteiger partial charge in [0.15, 0.2) is 11.6 Å². The van der Waals surface area contributed by atoms with Crippen molar-refractivity contribution in [3.8, 4) is 45.0 Å². The molecule has 5 aromatic carbocycles. The maximum atomic E-state index is 8.23. The van der Waals surface area contributed by atoms with Crippen LogP contribution < -0.4 is 0 Å². The molecule has 0 saturated heterocycles. The van der Waals surface area contributed by atoms with Crippen molar-refractivity contribution >= 4 is 22.4 Å². The van der Waals surface area contributed by atoms with Crippen LogP contribution in [0.3, 0.4) is 0 Å². The fourth-order valence-electron chi connectivity index (χ4n) is 3.98. The summed E-state index contributed by atoms with van der Waals surface area (Å²) in [5.41, 5.74) is 4.36. The van der Waals surface area contributed by atoms with Gasteiger partial charge in [-0.25, -0.2) is 4.98 Å². The summed E-state index contributed by atoms with van der Waals surface area (Å²) < 4.78 is 40.2. The van der Waals surface area contributed by atoms with Crippen LogP contribution in [0.1, 0.15) is 6.85 Å². The van der Waals surface area contributed by atoms with Crippen molar-refractivity contribution < 1.29 is 6.85 Å². The molecule has 1 aromatic heterocycles. The van der Waals surface area contributed by atoms with Gasteiger partial charge in [-0.15, -0.1) is 0 Å². The van der Waals surface area contributed by atoms with Crippen molar-refractivity contribution in [3.63, 3.8) is 0 Å². The van der Waals surface area contributed by atoms with E-state index in [4.69, 9.17) is 18.5 Å². The van der Waals surface area contributed by atoms with Gasteiger partial charge in [-0.1, -0.05) is 109 Å². The second-order valence-corrected chi connectivity index (χ2v) is 8.31. The third-order valence-electron chi connectivity index (χ3n) is 5.75. The van der Waals surface area contributed by atoms with E-state index in [2.05, 4.69) is 45.3 Å². The van der Waals surface area contributed by atoms with Crippen LogP contribution in [-0.4, -0.2) is 15.0 Å².